The van der Waals surface area contributed by atoms with E-state index in [0.29, 0.717) is 5.92 Å². The minimum absolute atomic E-state index is 0.705. The van der Waals surface area contributed by atoms with E-state index in [1.165, 1.54) is 18.4 Å². The fourth-order valence-electron chi connectivity index (χ4n) is 4.00. The molecule has 0 bridgehead atoms. The summed E-state index contributed by atoms with van der Waals surface area (Å²) in [4.78, 5) is 5.80. The normalized spacial score (nSPS) is 41.5. The monoisotopic (exact) mass is 215 g/mol. The van der Waals surface area contributed by atoms with Gasteiger partial charge in [-0.2, -0.15) is 5.06 Å². The van der Waals surface area contributed by atoms with Crippen molar-refractivity contribution in [1.82, 2.24) is 5.06 Å². The topological polar surface area (TPSA) is 12.5 Å². The summed E-state index contributed by atoms with van der Waals surface area (Å²) < 4.78 is 0. The Labute approximate surface area is 96.2 Å². The SMILES string of the molecule is c1ccc([C@H]2CN3OC[C@@H]4CC[C@H]2[C@@H]43)cc1. The lowest BCUT2D eigenvalue weighted by Crippen LogP contribution is -2.25. The second-order valence-corrected chi connectivity index (χ2v) is 5.40. The predicted molar refractivity (Wildman–Crippen MR) is 61.8 cm³/mol. The summed E-state index contributed by atoms with van der Waals surface area (Å²) in [5, 5.41) is 2.28. The molecule has 2 nitrogen and oxygen atoms in total. The smallest absolute Gasteiger partial charge is 0.0729 e. The summed E-state index contributed by atoms with van der Waals surface area (Å²) in [6.07, 6.45) is 2.77. The maximum Gasteiger partial charge on any atom is 0.0729 e. The van der Waals surface area contributed by atoms with E-state index >= 15 is 0 Å². The molecule has 1 aromatic carbocycles. The molecule has 0 N–H and O–H groups in total. The molecule has 4 rings (SSSR count). The van der Waals surface area contributed by atoms with Crippen LogP contribution in [-0.4, -0.2) is 24.3 Å². The zero-order chi connectivity index (χ0) is 10.5. The minimum Gasteiger partial charge on any atom is -0.298 e. The lowest BCUT2D eigenvalue weighted by atomic mass is 9.86. The fraction of sp³-hybridized carbons (Fsp3) is 0.571. The third-order valence-electron chi connectivity index (χ3n) is 4.70. The Morgan fingerprint density at radius 3 is 2.88 bits per heavy atom. The molecule has 1 aromatic rings. The van der Waals surface area contributed by atoms with Crippen molar-refractivity contribution < 1.29 is 4.84 Å². The van der Waals surface area contributed by atoms with Gasteiger partial charge in [0.05, 0.1) is 6.61 Å². The largest absolute Gasteiger partial charge is 0.298 e. The van der Waals surface area contributed by atoms with Crippen LogP contribution in [0.4, 0.5) is 0 Å². The van der Waals surface area contributed by atoms with Gasteiger partial charge in [0.2, 0.25) is 0 Å². The molecule has 0 aromatic heterocycles. The Kier molecular flexibility index (Phi) is 1.91. The third-order valence-corrected chi connectivity index (χ3v) is 4.70. The minimum atomic E-state index is 0.705. The fourth-order valence-corrected chi connectivity index (χ4v) is 4.00. The van der Waals surface area contributed by atoms with Crippen molar-refractivity contribution >= 4 is 0 Å². The third kappa shape index (κ3) is 1.14. The van der Waals surface area contributed by atoms with Crippen LogP contribution < -0.4 is 0 Å². The van der Waals surface area contributed by atoms with Crippen molar-refractivity contribution in [2.24, 2.45) is 11.8 Å². The predicted octanol–water partition coefficient (Wildman–Crippen LogP) is 2.43. The average Bonchev–Trinajstić information content (AvgIpc) is 2.99. The molecule has 16 heavy (non-hydrogen) atoms. The number of nitrogens with zero attached hydrogens (tertiary/aromatic N) is 1. The molecule has 3 aliphatic rings. The van der Waals surface area contributed by atoms with Crippen LogP contribution in [-0.2, 0) is 4.84 Å². The van der Waals surface area contributed by atoms with Crippen LogP contribution in [0.3, 0.4) is 0 Å². The summed E-state index contributed by atoms with van der Waals surface area (Å²) in [6, 6.07) is 11.7. The summed E-state index contributed by atoms with van der Waals surface area (Å²) in [7, 11) is 0. The van der Waals surface area contributed by atoms with Crippen molar-refractivity contribution in [3.05, 3.63) is 35.9 Å². The molecule has 0 amide bonds. The van der Waals surface area contributed by atoms with Crippen molar-refractivity contribution in [2.75, 3.05) is 13.2 Å². The van der Waals surface area contributed by atoms with Crippen molar-refractivity contribution in [3.8, 4) is 0 Å². The molecule has 4 atom stereocenters. The van der Waals surface area contributed by atoms with Crippen LogP contribution in [0.15, 0.2) is 30.3 Å². The number of hydroxylamine groups is 2. The molecule has 3 fully saturated rings. The first-order valence-electron chi connectivity index (χ1n) is 6.38. The van der Waals surface area contributed by atoms with Gasteiger partial charge in [0, 0.05) is 24.4 Å². The zero-order valence-corrected chi connectivity index (χ0v) is 9.38. The van der Waals surface area contributed by atoms with E-state index in [-0.39, 0.29) is 0 Å². The van der Waals surface area contributed by atoms with E-state index in [2.05, 4.69) is 35.4 Å². The number of hydrogen-bond acceptors (Lipinski definition) is 2. The summed E-state index contributed by atoms with van der Waals surface area (Å²) in [5.41, 5.74) is 1.51. The van der Waals surface area contributed by atoms with Crippen LogP contribution in [0.5, 0.6) is 0 Å². The van der Waals surface area contributed by atoms with Crippen LogP contribution in [0.1, 0.15) is 24.3 Å². The summed E-state index contributed by atoms with van der Waals surface area (Å²) in [6.45, 7) is 2.08. The van der Waals surface area contributed by atoms with Gasteiger partial charge < -0.3 is 0 Å². The van der Waals surface area contributed by atoms with E-state index in [1.54, 1.807) is 0 Å². The molecule has 2 aliphatic heterocycles. The molecule has 2 saturated heterocycles. The summed E-state index contributed by atoms with van der Waals surface area (Å²) in [5.74, 6) is 2.37. The maximum absolute atomic E-state index is 5.80. The van der Waals surface area contributed by atoms with Gasteiger partial charge in [0.25, 0.3) is 0 Å². The first kappa shape index (κ1) is 9.20. The maximum atomic E-state index is 5.80. The van der Waals surface area contributed by atoms with E-state index in [9.17, 15) is 0 Å². The van der Waals surface area contributed by atoms with Crippen molar-refractivity contribution in [3.63, 3.8) is 0 Å². The van der Waals surface area contributed by atoms with Crippen LogP contribution in [0, 0.1) is 11.8 Å². The molecule has 2 heterocycles. The molecular formula is C14H17NO. The highest BCUT2D eigenvalue weighted by Crippen LogP contribution is 2.51. The Balaban J connectivity index is 1.68. The van der Waals surface area contributed by atoms with Gasteiger partial charge in [-0.15, -0.1) is 0 Å². The van der Waals surface area contributed by atoms with Gasteiger partial charge in [-0.1, -0.05) is 30.3 Å². The van der Waals surface area contributed by atoms with Gasteiger partial charge in [0.15, 0.2) is 0 Å². The molecule has 1 saturated carbocycles. The van der Waals surface area contributed by atoms with Gasteiger partial charge in [-0.05, 0) is 24.3 Å². The van der Waals surface area contributed by atoms with E-state index in [4.69, 9.17) is 4.84 Å². The molecule has 2 heteroatoms. The second-order valence-electron chi connectivity index (χ2n) is 5.40. The van der Waals surface area contributed by atoms with Crippen molar-refractivity contribution in [2.45, 2.75) is 24.8 Å². The highest BCUT2D eigenvalue weighted by Gasteiger charge is 2.53. The molecular weight excluding hydrogens is 198 g/mol. The molecule has 0 spiro atoms. The van der Waals surface area contributed by atoms with Crippen LogP contribution in [0.2, 0.25) is 0 Å². The lowest BCUT2D eigenvalue weighted by Gasteiger charge is -2.17. The van der Waals surface area contributed by atoms with E-state index in [0.717, 1.165) is 31.0 Å². The molecule has 84 valence electrons. The number of benzene rings is 1. The standard InChI is InChI=1S/C14H17NO/c1-2-4-10(5-3-1)13-8-15-14-11(9-16-15)6-7-12(13)14/h1-5,11-14H,6-9H2/t11-,12+,13+,14+/m0/s1. The Morgan fingerprint density at radius 1 is 1.12 bits per heavy atom. The quantitative estimate of drug-likeness (QED) is 0.713. The zero-order valence-electron chi connectivity index (χ0n) is 9.38. The van der Waals surface area contributed by atoms with Crippen LogP contribution in [0.25, 0.3) is 0 Å². The van der Waals surface area contributed by atoms with Gasteiger partial charge >= 0.3 is 0 Å². The second kappa shape index (κ2) is 3.31. The van der Waals surface area contributed by atoms with Crippen molar-refractivity contribution in [1.29, 1.82) is 0 Å². The van der Waals surface area contributed by atoms with E-state index in [1.807, 2.05) is 0 Å². The first-order valence-corrected chi connectivity index (χ1v) is 6.38. The first-order chi connectivity index (χ1) is 7.93. The van der Waals surface area contributed by atoms with Gasteiger partial charge in [-0.25, -0.2) is 0 Å². The Bertz CT molecular complexity index is 391. The van der Waals surface area contributed by atoms with E-state index < -0.39 is 0 Å². The molecule has 0 unspecified atom stereocenters. The Morgan fingerprint density at radius 2 is 2.00 bits per heavy atom. The molecule has 1 aliphatic carbocycles. The van der Waals surface area contributed by atoms with Gasteiger partial charge in [-0.3, -0.25) is 4.84 Å². The number of hydrogen-bond donors (Lipinski definition) is 0. The highest BCUT2D eigenvalue weighted by atomic mass is 16.7. The lowest BCUT2D eigenvalue weighted by molar-refractivity contribution is -0.117. The average molecular weight is 215 g/mol. The highest BCUT2D eigenvalue weighted by molar-refractivity contribution is 5.24. The van der Waals surface area contributed by atoms with Gasteiger partial charge in [0.1, 0.15) is 0 Å². The molecule has 0 radical (unpaired) electrons. The van der Waals surface area contributed by atoms with Crippen LogP contribution >= 0.6 is 0 Å². The Hall–Kier alpha value is -0.860. The summed E-state index contributed by atoms with van der Waals surface area (Å²) >= 11 is 0. The number of rotatable bonds is 1.